The molecule has 0 radical (unpaired) electrons. The lowest BCUT2D eigenvalue weighted by molar-refractivity contribution is -0.118. The summed E-state index contributed by atoms with van der Waals surface area (Å²) in [7, 11) is 0. The van der Waals surface area contributed by atoms with Gasteiger partial charge in [0.2, 0.25) is 5.91 Å². The fourth-order valence-corrected chi connectivity index (χ4v) is 2.55. The monoisotopic (exact) mass is 290 g/mol. The molecule has 1 atom stereocenters. The maximum absolute atomic E-state index is 11.6. The summed E-state index contributed by atoms with van der Waals surface area (Å²) in [5.74, 6) is -0.612. The Morgan fingerprint density at radius 2 is 2.33 bits per heavy atom. The summed E-state index contributed by atoms with van der Waals surface area (Å²) in [6.45, 7) is 1.74. The highest BCUT2D eigenvalue weighted by Gasteiger charge is 2.14. The number of nitrogens with one attached hydrogen (secondary N) is 1. The van der Waals surface area contributed by atoms with Gasteiger partial charge >= 0.3 is 0 Å². The Bertz CT molecular complexity index is 378. The highest BCUT2D eigenvalue weighted by Crippen LogP contribution is 2.22. The highest BCUT2D eigenvalue weighted by atomic mass is 79.9. The molecule has 1 unspecified atom stereocenters. The summed E-state index contributed by atoms with van der Waals surface area (Å²) < 4.78 is 0.760. The minimum atomic E-state index is -0.423. The molecule has 6 heteroatoms. The normalized spacial score (nSPS) is 12.1. The van der Waals surface area contributed by atoms with E-state index in [-0.39, 0.29) is 18.4 Å². The summed E-state index contributed by atoms with van der Waals surface area (Å²) in [4.78, 5) is 22.8. The summed E-state index contributed by atoms with van der Waals surface area (Å²) in [5.41, 5.74) is 5.02. The molecule has 0 aliphatic rings. The number of carbonyl (C=O) groups excluding carboxylic acids is 2. The first-order chi connectivity index (χ1) is 7.00. The van der Waals surface area contributed by atoms with Gasteiger partial charge in [-0.15, -0.1) is 11.3 Å². The van der Waals surface area contributed by atoms with Crippen molar-refractivity contribution in [2.45, 2.75) is 19.4 Å². The molecule has 2 amide bonds. The largest absolute Gasteiger partial charge is 0.370 e. The predicted molar refractivity (Wildman–Crippen MR) is 62.8 cm³/mol. The second kappa shape index (κ2) is 5.27. The molecule has 1 aromatic heterocycles. The Morgan fingerprint density at radius 3 is 2.80 bits per heavy atom. The van der Waals surface area contributed by atoms with Crippen molar-refractivity contribution in [1.82, 2.24) is 5.32 Å². The molecule has 82 valence electrons. The average Bonchev–Trinajstić information content (AvgIpc) is 2.49. The number of amides is 2. The Balaban J connectivity index is 2.56. The standard InChI is InChI=1S/C9H11BrN2O2S/c1-5(4-7(11)13)12-9(14)8-6(10)2-3-15-8/h2-3,5H,4H2,1H3,(H2,11,13)(H,12,14). The predicted octanol–water partition coefficient (Wildman–Crippen LogP) is 1.50. The molecule has 0 aromatic carbocycles. The van der Waals surface area contributed by atoms with E-state index in [1.54, 1.807) is 13.0 Å². The fraction of sp³-hybridized carbons (Fsp3) is 0.333. The van der Waals surface area contributed by atoms with E-state index < -0.39 is 5.91 Å². The van der Waals surface area contributed by atoms with E-state index in [0.29, 0.717) is 4.88 Å². The van der Waals surface area contributed by atoms with Gasteiger partial charge in [-0.2, -0.15) is 0 Å². The second-order valence-electron chi connectivity index (χ2n) is 3.14. The first-order valence-corrected chi connectivity index (χ1v) is 6.00. The number of carbonyl (C=O) groups is 2. The zero-order chi connectivity index (χ0) is 11.4. The van der Waals surface area contributed by atoms with Crippen molar-refractivity contribution >= 4 is 39.1 Å². The van der Waals surface area contributed by atoms with E-state index >= 15 is 0 Å². The van der Waals surface area contributed by atoms with Gasteiger partial charge < -0.3 is 11.1 Å². The average molecular weight is 291 g/mol. The van der Waals surface area contributed by atoms with Gasteiger partial charge in [-0.3, -0.25) is 9.59 Å². The topological polar surface area (TPSA) is 72.2 Å². The van der Waals surface area contributed by atoms with Crippen LogP contribution in [0.25, 0.3) is 0 Å². The number of rotatable bonds is 4. The number of hydrogen-bond acceptors (Lipinski definition) is 3. The molecule has 0 aliphatic heterocycles. The Hall–Kier alpha value is -0.880. The smallest absolute Gasteiger partial charge is 0.262 e. The molecule has 4 nitrogen and oxygen atoms in total. The minimum Gasteiger partial charge on any atom is -0.370 e. The molecule has 0 fully saturated rings. The molecule has 15 heavy (non-hydrogen) atoms. The van der Waals surface area contributed by atoms with Crippen molar-refractivity contribution in [2.75, 3.05) is 0 Å². The molecule has 1 aromatic rings. The van der Waals surface area contributed by atoms with E-state index in [9.17, 15) is 9.59 Å². The zero-order valence-corrected chi connectivity index (χ0v) is 10.5. The van der Waals surface area contributed by atoms with Gasteiger partial charge in [0.1, 0.15) is 4.88 Å². The molecule has 0 bridgehead atoms. The maximum atomic E-state index is 11.6. The van der Waals surface area contributed by atoms with E-state index in [1.165, 1.54) is 11.3 Å². The summed E-state index contributed by atoms with van der Waals surface area (Å²) in [6, 6.07) is 1.56. The van der Waals surface area contributed by atoms with Crippen LogP contribution in [0.4, 0.5) is 0 Å². The van der Waals surface area contributed by atoms with Gasteiger partial charge in [0.05, 0.1) is 0 Å². The van der Waals surface area contributed by atoms with Gasteiger partial charge in [-0.05, 0) is 34.3 Å². The summed E-state index contributed by atoms with van der Waals surface area (Å²) >= 11 is 4.61. The second-order valence-corrected chi connectivity index (χ2v) is 4.91. The van der Waals surface area contributed by atoms with Crippen LogP contribution in [0.2, 0.25) is 0 Å². The van der Waals surface area contributed by atoms with Crippen LogP contribution >= 0.6 is 27.3 Å². The Morgan fingerprint density at radius 1 is 1.67 bits per heavy atom. The maximum Gasteiger partial charge on any atom is 0.262 e. The van der Waals surface area contributed by atoms with Crippen LogP contribution in [0.3, 0.4) is 0 Å². The lowest BCUT2D eigenvalue weighted by atomic mass is 10.2. The van der Waals surface area contributed by atoms with Crippen molar-refractivity contribution in [2.24, 2.45) is 5.73 Å². The minimum absolute atomic E-state index is 0.148. The molecule has 0 spiro atoms. The van der Waals surface area contributed by atoms with Crippen LogP contribution in [0, 0.1) is 0 Å². The number of nitrogens with two attached hydrogens (primary N) is 1. The first-order valence-electron chi connectivity index (χ1n) is 4.33. The molecule has 0 aliphatic carbocycles. The Kier molecular flexibility index (Phi) is 4.28. The van der Waals surface area contributed by atoms with E-state index in [4.69, 9.17) is 5.73 Å². The third-order valence-electron chi connectivity index (χ3n) is 1.71. The van der Waals surface area contributed by atoms with Crippen LogP contribution in [-0.4, -0.2) is 17.9 Å². The highest BCUT2D eigenvalue weighted by molar-refractivity contribution is 9.10. The summed E-state index contributed by atoms with van der Waals surface area (Å²) in [6.07, 6.45) is 0.148. The van der Waals surface area contributed by atoms with Crippen LogP contribution in [-0.2, 0) is 4.79 Å². The van der Waals surface area contributed by atoms with E-state index in [0.717, 1.165) is 4.47 Å². The van der Waals surface area contributed by atoms with Gasteiger partial charge in [0.25, 0.3) is 5.91 Å². The summed E-state index contributed by atoms with van der Waals surface area (Å²) in [5, 5.41) is 4.51. The van der Waals surface area contributed by atoms with E-state index in [1.807, 2.05) is 5.38 Å². The molecule has 0 saturated carbocycles. The van der Waals surface area contributed by atoms with E-state index in [2.05, 4.69) is 21.2 Å². The third-order valence-corrected chi connectivity index (χ3v) is 3.54. The molecule has 1 heterocycles. The van der Waals surface area contributed by atoms with Crippen molar-refractivity contribution < 1.29 is 9.59 Å². The third kappa shape index (κ3) is 3.64. The number of primary amides is 1. The van der Waals surface area contributed by atoms with Gasteiger partial charge in [-0.25, -0.2) is 0 Å². The van der Waals surface area contributed by atoms with Crippen molar-refractivity contribution in [3.63, 3.8) is 0 Å². The molecule has 0 saturated heterocycles. The zero-order valence-electron chi connectivity index (χ0n) is 8.12. The molecule has 1 rings (SSSR count). The van der Waals surface area contributed by atoms with Crippen molar-refractivity contribution in [3.05, 3.63) is 20.8 Å². The first kappa shape index (κ1) is 12.2. The van der Waals surface area contributed by atoms with Gasteiger partial charge in [0, 0.05) is 16.9 Å². The van der Waals surface area contributed by atoms with Crippen molar-refractivity contribution in [3.8, 4) is 0 Å². The van der Waals surface area contributed by atoms with Crippen LogP contribution < -0.4 is 11.1 Å². The van der Waals surface area contributed by atoms with Gasteiger partial charge in [0.15, 0.2) is 0 Å². The lowest BCUT2D eigenvalue weighted by Crippen LogP contribution is -2.35. The quantitative estimate of drug-likeness (QED) is 0.882. The Labute approximate surface area is 100.0 Å². The molecule has 3 N–H and O–H groups in total. The van der Waals surface area contributed by atoms with Crippen LogP contribution in [0.5, 0.6) is 0 Å². The lowest BCUT2D eigenvalue weighted by Gasteiger charge is -2.10. The number of thiophene rings is 1. The molecular formula is C9H11BrN2O2S. The van der Waals surface area contributed by atoms with Crippen LogP contribution in [0.15, 0.2) is 15.9 Å². The SMILES string of the molecule is CC(CC(N)=O)NC(=O)c1sccc1Br. The van der Waals surface area contributed by atoms with Crippen molar-refractivity contribution in [1.29, 1.82) is 0 Å². The molecular weight excluding hydrogens is 280 g/mol. The number of hydrogen-bond donors (Lipinski definition) is 2. The van der Waals surface area contributed by atoms with Crippen LogP contribution in [0.1, 0.15) is 23.0 Å². The number of halogens is 1. The van der Waals surface area contributed by atoms with Gasteiger partial charge in [-0.1, -0.05) is 0 Å². The fourth-order valence-electron chi connectivity index (χ4n) is 1.10.